The van der Waals surface area contributed by atoms with E-state index in [0.29, 0.717) is 15.6 Å². The van der Waals surface area contributed by atoms with Gasteiger partial charge in [0.05, 0.1) is 5.39 Å². The summed E-state index contributed by atoms with van der Waals surface area (Å²) in [5.41, 5.74) is 5.64. The molecule has 0 saturated heterocycles. The molecule has 2 rings (SSSR count). The lowest BCUT2D eigenvalue weighted by atomic mass is 10.2. The number of nitrogens with two attached hydrogens (primary N) is 1. The van der Waals surface area contributed by atoms with Gasteiger partial charge in [0.15, 0.2) is 5.82 Å². The molecule has 0 aromatic carbocycles. The number of nitrogen functional groups attached to an aromatic ring is 1. The number of hydrogen-bond acceptors (Lipinski definition) is 3. The van der Waals surface area contributed by atoms with Crippen LogP contribution in [0.2, 0.25) is 0 Å². The minimum absolute atomic E-state index is 0.0769. The fourth-order valence-electron chi connectivity index (χ4n) is 1.99. The van der Waals surface area contributed by atoms with Crippen molar-refractivity contribution in [2.24, 2.45) is 7.05 Å². The number of anilines is 1. The van der Waals surface area contributed by atoms with Crippen molar-refractivity contribution in [1.29, 1.82) is 0 Å². The fourth-order valence-corrected chi connectivity index (χ4v) is 1.99. The van der Waals surface area contributed by atoms with Crippen molar-refractivity contribution in [3.63, 3.8) is 0 Å². The molecule has 0 aliphatic heterocycles. The van der Waals surface area contributed by atoms with E-state index in [0.717, 1.165) is 0 Å². The number of nitrogens with zero attached hydrogens (tertiary/aromatic N) is 3. The van der Waals surface area contributed by atoms with E-state index in [9.17, 15) is 18.0 Å². The molecule has 0 atom stereocenters. The van der Waals surface area contributed by atoms with Crippen molar-refractivity contribution in [2.45, 2.75) is 19.6 Å². The Labute approximate surface area is 99.6 Å². The highest BCUT2D eigenvalue weighted by atomic mass is 19.4. The molecule has 98 valence electrons. The minimum Gasteiger partial charge on any atom is -0.382 e. The average Bonchev–Trinajstić information content (AvgIpc) is 2.48. The Morgan fingerprint density at radius 3 is 2.61 bits per heavy atom. The summed E-state index contributed by atoms with van der Waals surface area (Å²) in [5.74, 6) is -0.0769. The number of halogens is 3. The van der Waals surface area contributed by atoms with Gasteiger partial charge in [-0.15, -0.1) is 0 Å². The molecule has 0 bridgehead atoms. The number of hydrogen-bond donors (Lipinski definition) is 1. The van der Waals surface area contributed by atoms with Crippen LogP contribution in [-0.2, 0) is 13.6 Å². The Kier molecular flexibility index (Phi) is 2.60. The summed E-state index contributed by atoms with van der Waals surface area (Å²) in [5, 5.41) is 3.91. The molecule has 0 aliphatic rings. The van der Waals surface area contributed by atoms with Crippen molar-refractivity contribution >= 4 is 16.7 Å². The molecule has 5 nitrogen and oxygen atoms in total. The smallest absolute Gasteiger partial charge is 0.382 e. The van der Waals surface area contributed by atoms with Gasteiger partial charge in [0.25, 0.3) is 5.56 Å². The van der Waals surface area contributed by atoms with E-state index in [4.69, 9.17) is 5.73 Å². The minimum atomic E-state index is -4.52. The molecular weight excluding hydrogens is 249 g/mol. The lowest BCUT2D eigenvalue weighted by Crippen LogP contribution is -2.31. The molecule has 0 fully saturated rings. The second kappa shape index (κ2) is 3.76. The molecule has 2 aromatic heterocycles. The standard InChI is InChI=1S/C10H11F3N4O/c1-5-3-16(2)7-6(5)8(14)15-17(9(7)18)4-10(11,12)13/h3H,4H2,1-2H3,(H2,14,15). The van der Waals surface area contributed by atoms with Gasteiger partial charge in [0, 0.05) is 13.2 Å². The summed E-state index contributed by atoms with van der Waals surface area (Å²) in [6.07, 6.45) is -2.89. The summed E-state index contributed by atoms with van der Waals surface area (Å²) in [4.78, 5) is 11.9. The summed E-state index contributed by atoms with van der Waals surface area (Å²) < 4.78 is 38.7. The van der Waals surface area contributed by atoms with Gasteiger partial charge in [-0.05, 0) is 12.5 Å². The maximum atomic E-state index is 12.3. The van der Waals surface area contributed by atoms with Crippen molar-refractivity contribution in [3.05, 3.63) is 22.1 Å². The summed E-state index contributed by atoms with van der Waals surface area (Å²) in [6, 6.07) is 0. The number of aromatic nitrogens is 3. The third-order valence-electron chi connectivity index (χ3n) is 2.62. The normalized spacial score (nSPS) is 12.3. The Hall–Kier alpha value is -1.99. The van der Waals surface area contributed by atoms with Crippen molar-refractivity contribution in [1.82, 2.24) is 14.3 Å². The largest absolute Gasteiger partial charge is 0.408 e. The molecule has 18 heavy (non-hydrogen) atoms. The first-order valence-electron chi connectivity index (χ1n) is 5.09. The van der Waals surface area contributed by atoms with Crippen LogP contribution in [0.15, 0.2) is 11.0 Å². The Morgan fingerprint density at radius 1 is 1.44 bits per heavy atom. The van der Waals surface area contributed by atoms with Gasteiger partial charge in [0.1, 0.15) is 12.1 Å². The summed E-state index contributed by atoms with van der Waals surface area (Å²) >= 11 is 0. The molecule has 0 spiro atoms. The van der Waals surface area contributed by atoms with E-state index in [1.54, 1.807) is 20.2 Å². The molecule has 0 saturated carbocycles. The first-order valence-corrected chi connectivity index (χ1v) is 5.09. The van der Waals surface area contributed by atoms with Crippen LogP contribution in [0.5, 0.6) is 0 Å². The monoisotopic (exact) mass is 260 g/mol. The van der Waals surface area contributed by atoms with Crippen LogP contribution in [0.25, 0.3) is 10.9 Å². The van der Waals surface area contributed by atoms with E-state index in [2.05, 4.69) is 5.10 Å². The number of fused-ring (bicyclic) bond motifs is 1. The zero-order valence-electron chi connectivity index (χ0n) is 9.75. The second-order valence-electron chi connectivity index (χ2n) is 4.11. The van der Waals surface area contributed by atoms with Crippen LogP contribution in [0.1, 0.15) is 5.56 Å². The van der Waals surface area contributed by atoms with Crippen molar-refractivity contribution in [3.8, 4) is 0 Å². The maximum Gasteiger partial charge on any atom is 0.408 e. The second-order valence-corrected chi connectivity index (χ2v) is 4.11. The van der Waals surface area contributed by atoms with E-state index in [1.165, 1.54) is 4.57 Å². The van der Waals surface area contributed by atoms with Crippen LogP contribution in [0.4, 0.5) is 19.0 Å². The highest BCUT2D eigenvalue weighted by molar-refractivity contribution is 5.91. The van der Waals surface area contributed by atoms with Gasteiger partial charge in [-0.3, -0.25) is 4.79 Å². The lowest BCUT2D eigenvalue weighted by Gasteiger charge is -2.10. The lowest BCUT2D eigenvalue weighted by molar-refractivity contribution is -0.143. The highest BCUT2D eigenvalue weighted by Crippen LogP contribution is 2.22. The van der Waals surface area contributed by atoms with Crippen LogP contribution < -0.4 is 11.3 Å². The highest BCUT2D eigenvalue weighted by Gasteiger charge is 2.30. The van der Waals surface area contributed by atoms with Crippen LogP contribution >= 0.6 is 0 Å². The van der Waals surface area contributed by atoms with Gasteiger partial charge in [-0.1, -0.05) is 0 Å². The molecule has 8 heteroatoms. The zero-order chi connectivity index (χ0) is 13.7. The summed E-state index contributed by atoms with van der Waals surface area (Å²) in [7, 11) is 1.58. The molecule has 0 unspecified atom stereocenters. The molecule has 2 aromatic rings. The molecular formula is C10H11F3N4O. The Balaban J connectivity index is 2.77. The van der Waals surface area contributed by atoms with Crippen LogP contribution in [0.3, 0.4) is 0 Å². The van der Waals surface area contributed by atoms with Crippen LogP contribution in [-0.4, -0.2) is 20.5 Å². The molecule has 0 radical (unpaired) electrons. The Morgan fingerprint density at radius 2 is 2.06 bits per heavy atom. The van der Waals surface area contributed by atoms with Crippen molar-refractivity contribution < 1.29 is 13.2 Å². The number of aryl methyl sites for hydroxylation is 2. The van der Waals surface area contributed by atoms with Gasteiger partial charge in [0.2, 0.25) is 0 Å². The summed E-state index contributed by atoms with van der Waals surface area (Å²) in [6.45, 7) is 0.268. The molecule has 0 amide bonds. The quantitative estimate of drug-likeness (QED) is 0.837. The molecule has 2 heterocycles. The first kappa shape index (κ1) is 12.5. The molecule has 0 aliphatic carbocycles. The number of rotatable bonds is 1. The third-order valence-corrected chi connectivity index (χ3v) is 2.62. The maximum absolute atomic E-state index is 12.3. The van der Waals surface area contributed by atoms with Gasteiger partial charge in [-0.2, -0.15) is 18.3 Å². The van der Waals surface area contributed by atoms with Gasteiger partial charge < -0.3 is 10.3 Å². The van der Waals surface area contributed by atoms with Gasteiger partial charge >= 0.3 is 6.18 Å². The fraction of sp³-hybridized carbons (Fsp3) is 0.400. The Bertz CT molecular complexity index is 668. The average molecular weight is 260 g/mol. The predicted octanol–water partition coefficient (Wildman–Crippen LogP) is 1.19. The van der Waals surface area contributed by atoms with Crippen LogP contribution in [0, 0.1) is 6.92 Å². The number of alkyl halides is 3. The van der Waals surface area contributed by atoms with Gasteiger partial charge in [-0.25, -0.2) is 4.68 Å². The predicted molar refractivity (Wildman–Crippen MR) is 60.2 cm³/mol. The van der Waals surface area contributed by atoms with E-state index >= 15 is 0 Å². The zero-order valence-corrected chi connectivity index (χ0v) is 9.75. The first-order chi connectivity index (χ1) is 8.20. The van der Waals surface area contributed by atoms with Crippen molar-refractivity contribution in [2.75, 3.05) is 5.73 Å². The van der Waals surface area contributed by atoms with E-state index in [-0.39, 0.29) is 11.3 Å². The SMILES string of the molecule is Cc1cn(C)c2c(=O)n(CC(F)(F)F)nc(N)c12. The van der Waals surface area contributed by atoms with E-state index < -0.39 is 18.3 Å². The third kappa shape index (κ3) is 1.93. The topological polar surface area (TPSA) is 65.8 Å². The molecule has 2 N–H and O–H groups in total. The van der Waals surface area contributed by atoms with E-state index in [1.807, 2.05) is 0 Å².